The molecule has 3 nitrogen and oxygen atoms in total. The molecule has 3 heteroatoms. The van der Waals surface area contributed by atoms with Crippen LogP contribution in [0.2, 0.25) is 0 Å². The lowest BCUT2D eigenvalue weighted by Crippen LogP contribution is -2.40. The Morgan fingerprint density at radius 2 is 1.74 bits per heavy atom. The van der Waals surface area contributed by atoms with Gasteiger partial charge in [-0.3, -0.25) is 4.79 Å². The Balaban J connectivity index is 2.09. The van der Waals surface area contributed by atoms with E-state index >= 15 is 0 Å². The number of aryl methyl sites for hydroxylation is 1. The summed E-state index contributed by atoms with van der Waals surface area (Å²) in [5.74, 6) is -0.248. The zero-order chi connectivity index (χ0) is 16.6. The molecule has 1 aliphatic heterocycles. The van der Waals surface area contributed by atoms with Gasteiger partial charge in [0.1, 0.15) is 6.10 Å². The van der Waals surface area contributed by atoms with E-state index in [0.29, 0.717) is 0 Å². The van der Waals surface area contributed by atoms with Crippen LogP contribution >= 0.6 is 0 Å². The molecule has 0 bridgehead atoms. The molecular weight excluding hydrogens is 286 g/mol. The van der Waals surface area contributed by atoms with Gasteiger partial charge in [0.15, 0.2) is 0 Å². The van der Waals surface area contributed by atoms with Gasteiger partial charge in [-0.05, 0) is 18.6 Å². The first-order chi connectivity index (χ1) is 10.9. The van der Waals surface area contributed by atoms with Crippen molar-refractivity contribution in [3.05, 3.63) is 65.2 Å². The van der Waals surface area contributed by atoms with Gasteiger partial charge in [-0.1, -0.05) is 61.9 Å². The van der Waals surface area contributed by atoms with Crippen molar-refractivity contribution in [2.45, 2.75) is 39.8 Å². The van der Waals surface area contributed by atoms with Crippen LogP contribution in [-0.2, 0) is 9.53 Å². The lowest BCUT2D eigenvalue weighted by atomic mass is 9.70. The fourth-order valence-electron chi connectivity index (χ4n) is 3.40. The number of hydrogen-bond donors (Lipinski definition) is 1. The van der Waals surface area contributed by atoms with Gasteiger partial charge < -0.3 is 10.1 Å². The molecule has 0 saturated carbocycles. The predicted molar refractivity (Wildman–Crippen MR) is 92.3 cm³/mol. The van der Waals surface area contributed by atoms with E-state index in [1.165, 1.54) is 18.1 Å². The number of fused-ring (bicyclic) bond motifs is 1. The van der Waals surface area contributed by atoms with Crippen LogP contribution in [0.4, 0.5) is 5.69 Å². The Hall–Kier alpha value is -2.29. The molecule has 1 heterocycles. The summed E-state index contributed by atoms with van der Waals surface area (Å²) >= 11 is 0. The number of para-hydroxylation sites is 1. The number of benzene rings is 2. The third kappa shape index (κ3) is 2.83. The molecule has 0 fully saturated rings. The van der Waals surface area contributed by atoms with Crippen LogP contribution in [0.5, 0.6) is 0 Å². The highest BCUT2D eigenvalue weighted by molar-refractivity contribution is 5.68. The number of ether oxygens (including phenoxy) is 1. The van der Waals surface area contributed by atoms with E-state index in [0.717, 1.165) is 11.3 Å². The van der Waals surface area contributed by atoms with Crippen molar-refractivity contribution in [1.82, 2.24) is 0 Å². The number of hydrogen-bond acceptors (Lipinski definition) is 3. The van der Waals surface area contributed by atoms with Crippen molar-refractivity contribution in [3.63, 3.8) is 0 Å². The summed E-state index contributed by atoms with van der Waals surface area (Å²) in [6.45, 7) is 7.85. The molecule has 1 N–H and O–H groups in total. The maximum atomic E-state index is 11.7. The first-order valence-electron chi connectivity index (χ1n) is 7.99. The van der Waals surface area contributed by atoms with Gasteiger partial charge in [-0.15, -0.1) is 0 Å². The second kappa shape index (κ2) is 5.73. The topological polar surface area (TPSA) is 38.3 Å². The fourth-order valence-corrected chi connectivity index (χ4v) is 3.40. The van der Waals surface area contributed by atoms with E-state index in [1.54, 1.807) is 0 Å². The van der Waals surface area contributed by atoms with Gasteiger partial charge in [-0.25, -0.2) is 0 Å². The third-order valence-corrected chi connectivity index (χ3v) is 4.66. The molecule has 3 rings (SSSR count). The third-order valence-electron chi connectivity index (χ3n) is 4.66. The number of nitrogens with one attached hydrogen (secondary N) is 1. The molecule has 120 valence electrons. The zero-order valence-corrected chi connectivity index (χ0v) is 14.1. The highest BCUT2D eigenvalue weighted by Crippen LogP contribution is 2.52. The second-order valence-electron chi connectivity index (χ2n) is 6.89. The largest absolute Gasteiger partial charge is 0.457 e. The van der Waals surface area contributed by atoms with Crippen LogP contribution in [0, 0.1) is 12.3 Å². The monoisotopic (exact) mass is 309 g/mol. The van der Waals surface area contributed by atoms with Crippen molar-refractivity contribution >= 4 is 11.7 Å². The average Bonchev–Trinajstić information content (AvgIpc) is 2.51. The van der Waals surface area contributed by atoms with Gasteiger partial charge in [-0.2, -0.15) is 0 Å². The molecule has 23 heavy (non-hydrogen) atoms. The Morgan fingerprint density at radius 3 is 2.39 bits per heavy atom. The highest BCUT2D eigenvalue weighted by Gasteiger charge is 2.45. The van der Waals surface area contributed by atoms with E-state index < -0.39 is 0 Å². The van der Waals surface area contributed by atoms with Gasteiger partial charge in [0, 0.05) is 23.6 Å². The molecule has 1 aliphatic rings. The summed E-state index contributed by atoms with van der Waals surface area (Å²) in [6.07, 6.45) is -0.274. The quantitative estimate of drug-likeness (QED) is 0.810. The van der Waals surface area contributed by atoms with Crippen molar-refractivity contribution in [1.29, 1.82) is 0 Å². The summed E-state index contributed by atoms with van der Waals surface area (Å²) in [4.78, 5) is 11.7. The Bertz CT molecular complexity index is 719. The van der Waals surface area contributed by atoms with E-state index in [4.69, 9.17) is 4.74 Å². The molecule has 0 saturated heterocycles. The molecular formula is C20H23NO2. The van der Waals surface area contributed by atoms with Crippen molar-refractivity contribution < 1.29 is 9.53 Å². The first kappa shape index (κ1) is 15.6. The first-order valence-corrected chi connectivity index (χ1v) is 7.99. The Morgan fingerprint density at radius 1 is 1.09 bits per heavy atom. The van der Waals surface area contributed by atoms with Crippen LogP contribution in [0.3, 0.4) is 0 Å². The molecule has 2 aromatic rings. The molecule has 0 aliphatic carbocycles. The van der Waals surface area contributed by atoms with Crippen LogP contribution in [-0.4, -0.2) is 5.97 Å². The minimum atomic E-state index is -0.274. The molecule has 0 amide bonds. The summed E-state index contributed by atoms with van der Waals surface area (Å²) in [5.41, 5.74) is 4.24. The van der Waals surface area contributed by atoms with Crippen LogP contribution in [0.15, 0.2) is 48.5 Å². The van der Waals surface area contributed by atoms with Crippen molar-refractivity contribution in [3.8, 4) is 0 Å². The fraction of sp³-hybridized carbons (Fsp3) is 0.350. The average molecular weight is 309 g/mol. The minimum absolute atomic E-state index is 0.0716. The van der Waals surface area contributed by atoms with E-state index in [2.05, 4.69) is 50.4 Å². The molecule has 2 aromatic carbocycles. The molecule has 0 spiro atoms. The van der Waals surface area contributed by atoms with Crippen LogP contribution in [0.25, 0.3) is 0 Å². The summed E-state index contributed by atoms with van der Waals surface area (Å²) in [7, 11) is 0. The Labute approximate surface area is 137 Å². The molecule has 0 unspecified atom stereocenters. The van der Waals surface area contributed by atoms with Crippen molar-refractivity contribution in [2.75, 3.05) is 5.32 Å². The second-order valence-corrected chi connectivity index (χ2v) is 6.89. The smallest absolute Gasteiger partial charge is 0.303 e. The zero-order valence-electron chi connectivity index (χ0n) is 14.1. The summed E-state index contributed by atoms with van der Waals surface area (Å²) in [6, 6.07) is 16.7. The van der Waals surface area contributed by atoms with Gasteiger partial charge >= 0.3 is 5.97 Å². The van der Waals surface area contributed by atoms with E-state index in [1.807, 2.05) is 24.3 Å². The number of esters is 1. The standard InChI is InChI=1S/C20H23NO2/c1-13-9-11-15(12-10-13)18-20(3,4)19(23-14(2)22)16-7-5-6-8-17(16)21-18/h5-12,18-19,21H,1-4H3/t18-,19-/m0/s1. The number of rotatable bonds is 2. The normalized spacial score (nSPS) is 21.9. The highest BCUT2D eigenvalue weighted by atomic mass is 16.5. The van der Waals surface area contributed by atoms with E-state index in [9.17, 15) is 4.79 Å². The van der Waals surface area contributed by atoms with Crippen molar-refractivity contribution in [2.24, 2.45) is 5.41 Å². The Kier molecular flexibility index (Phi) is 3.88. The number of carbonyl (C=O) groups excluding carboxylic acids is 1. The van der Waals surface area contributed by atoms with Gasteiger partial charge in [0.25, 0.3) is 0 Å². The summed E-state index contributed by atoms with van der Waals surface area (Å²) < 4.78 is 5.73. The lowest BCUT2D eigenvalue weighted by Gasteiger charge is -2.46. The van der Waals surface area contributed by atoms with Crippen LogP contribution < -0.4 is 5.32 Å². The summed E-state index contributed by atoms with van der Waals surface area (Å²) in [5, 5.41) is 3.63. The molecule has 2 atom stereocenters. The molecule has 0 aromatic heterocycles. The maximum Gasteiger partial charge on any atom is 0.303 e. The van der Waals surface area contributed by atoms with Gasteiger partial charge in [0.05, 0.1) is 6.04 Å². The SMILES string of the molecule is CC(=O)O[C@H]1c2ccccc2N[C@@H](c2ccc(C)cc2)C1(C)C. The lowest BCUT2D eigenvalue weighted by molar-refractivity contribution is -0.154. The number of anilines is 1. The molecule has 0 radical (unpaired) electrons. The number of carbonyl (C=O) groups is 1. The minimum Gasteiger partial charge on any atom is -0.457 e. The predicted octanol–water partition coefficient (Wildman–Crippen LogP) is 4.79. The maximum absolute atomic E-state index is 11.7. The van der Waals surface area contributed by atoms with E-state index in [-0.39, 0.29) is 23.5 Å². The van der Waals surface area contributed by atoms with Gasteiger partial charge in [0.2, 0.25) is 0 Å². The van der Waals surface area contributed by atoms with Crippen LogP contribution in [0.1, 0.15) is 49.6 Å².